The predicted octanol–water partition coefficient (Wildman–Crippen LogP) is 4.92. The molecule has 1 atom stereocenters. The summed E-state index contributed by atoms with van der Waals surface area (Å²) in [6, 6.07) is 12.0. The number of H-pyrrole nitrogens is 1. The summed E-state index contributed by atoms with van der Waals surface area (Å²) in [5, 5.41) is 19.7. The Labute approximate surface area is 206 Å². The summed E-state index contributed by atoms with van der Waals surface area (Å²) >= 11 is 0. The topological polar surface area (TPSA) is 114 Å². The molecule has 9 nitrogen and oxygen atoms in total. The molecule has 36 heavy (non-hydrogen) atoms. The number of benzene rings is 2. The Kier molecular flexibility index (Phi) is 5.25. The van der Waals surface area contributed by atoms with Gasteiger partial charge >= 0.3 is 0 Å². The van der Waals surface area contributed by atoms with E-state index in [1.54, 1.807) is 47.6 Å². The molecule has 1 saturated carbocycles. The molecule has 1 aliphatic heterocycles. The number of fused-ring (bicyclic) bond motifs is 2. The fourth-order valence-electron chi connectivity index (χ4n) is 5.25. The van der Waals surface area contributed by atoms with Gasteiger partial charge in [-0.3, -0.25) is 14.8 Å². The maximum atomic E-state index is 14.5. The molecule has 6 rings (SSSR count). The van der Waals surface area contributed by atoms with E-state index in [0.29, 0.717) is 45.3 Å². The molecule has 1 fully saturated rings. The largest absolute Gasteiger partial charge is 0.340 e. The summed E-state index contributed by atoms with van der Waals surface area (Å²) < 4.78 is 14.5. The Morgan fingerprint density at radius 2 is 2.03 bits per heavy atom. The van der Waals surface area contributed by atoms with Gasteiger partial charge in [0.1, 0.15) is 17.2 Å². The number of carbonyl (C=O) groups is 1. The number of anilines is 5. The molecule has 2 N–H and O–H groups in total. The number of hydrogen-bond donors (Lipinski definition) is 2. The number of nitriles is 1. The molecule has 2 aromatic carbocycles. The number of hydrogen-bond acceptors (Lipinski definition) is 7. The van der Waals surface area contributed by atoms with Crippen molar-refractivity contribution in [2.45, 2.75) is 44.7 Å². The fourth-order valence-corrected chi connectivity index (χ4v) is 5.25. The summed E-state index contributed by atoms with van der Waals surface area (Å²) in [5.74, 6) is 0.409. The van der Waals surface area contributed by atoms with Crippen LogP contribution in [0.5, 0.6) is 0 Å². The Morgan fingerprint density at radius 3 is 2.83 bits per heavy atom. The lowest BCUT2D eigenvalue weighted by Gasteiger charge is -2.43. The number of aromatic amines is 1. The highest BCUT2D eigenvalue weighted by Crippen LogP contribution is 2.43. The van der Waals surface area contributed by atoms with Gasteiger partial charge < -0.3 is 10.2 Å². The first-order chi connectivity index (χ1) is 17.5. The standard InChI is InChI=1S/C26H23FN8O/c1-15-25(36)35(20-8-4-5-16(9-20)12-28)22-14-29-26(32-24(22)34(15)19-6-2-3-7-19)31-18-10-17-13-30-33-23(17)21(27)11-18/h4-5,8-11,13-15,19H,2-3,6-7H2,1H3,(H,30,33)(H,29,31,32)/t15-/m1/s1. The Morgan fingerprint density at radius 1 is 1.19 bits per heavy atom. The first-order valence-corrected chi connectivity index (χ1v) is 11.9. The van der Waals surface area contributed by atoms with Crippen LogP contribution >= 0.6 is 0 Å². The van der Waals surface area contributed by atoms with Crippen molar-refractivity contribution < 1.29 is 9.18 Å². The highest BCUT2D eigenvalue weighted by Gasteiger charge is 2.41. The zero-order valence-electron chi connectivity index (χ0n) is 19.6. The molecule has 1 amide bonds. The minimum Gasteiger partial charge on any atom is -0.340 e. The number of carbonyl (C=O) groups excluding carboxylic acids is 1. The van der Waals surface area contributed by atoms with Gasteiger partial charge in [-0.25, -0.2) is 9.37 Å². The van der Waals surface area contributed by atoms with E-state index in [1.165, 1.54) is 6.07 Å². The van der Waals surface area contributed by atoms with Gasteiger partial charge in [0.2, 0.25) is 5.95 Å². The average Bonchev–Trinajstić information content (AvgIpc) is 3.58. The van der Waals surface area contributed by atoms with Crippen LogP contribution in [0.25, 0.3) is 10.9 Å². The first-order valence-electron chi connectivity index (χ1n) is 11.9. The number of nitrogens with one attached hydrogen (secondary N) is 2. The second kappa shape index (κ2) is 8.61. The molecule has 0 saturated heterocycles. The van der Waals surface area contributed by atoms with Crippen LogP contribution < -0.4 is 15.1 Å². The molecule has 0 bridgehead atoms. The van der Waals surface area contributed by atoms with Gasteiger partial charge in [0.25, 0.3) is 5.91 Å². The van der Waals surface area contributed by atoms with Gasteiger partial charge in [0.05, 0.1) is 29.7 Å². The van der Waals surface area contributed by atoms with Gasteiger partial charge in [-0.15, -0.1) is 0 Å². The van der Waals surface area contributed by atoms with E-state index in [2.05, 4.69) is 31.5 Å². The maximum absolute atomic E-state index is 14.5. The highest BCUT2D eigenvalue weighted by atomic mass is 19.1. The van der Waals surface area contributed by atoms with Crippen molar-refractivity contribution in [2.24, 2.45) is 0 Å². The lowest BCUT2D eigenvalue weighted by atomic mass is 10.0. The summed E-state index contributed by atoms with van der Waals surface area (Å²) in [5.41, 5.74) is 2.44. The summed E-state index contributed by atoms with van der Waals surface area (Å²) in [7, 11) is 0. The predicted molar refractivity (Wildman–Crippen MR) is 134 cm³/mol. The molecule has 10 heteroatoms. The van der Waals surface area contributed by atoms with Gasteiger partial charge in [-0.2, -0.15) is 15.3 Å². The van der Waals surface area contributed by atoms with Crippen molar-refractivity contribution in [3.8, 4) is 6.07 Å². The number of nitrogens with zero attached hydrogens (tertiary/aromatic N) is 6. The van der Waals surface area contributed by atoms with Crippen LogP contribution in [-0.2, 0) is 4.79 Å². The normalized spacial score (nSPS) is 17.9. The van der Waals surface area contributed by atoms with Crippen LogP contribution in [-0.4, -0.2) is 38.2 Å². The SMILES string of the molecule is C[C@@H]1C(=O)N(c2cccc(C#N)c2)c2cnc(Nc3cc(F)c4[nH]ncc4c3)nc2N1C1CCCC1. The van der Waals surface area contributed by atoms with Gasteiger partial charge in [-0.1, -0.05) is 18.9 Å². The second-order valence-electron chi connectivity index (χ2n) is 9.18. The zero-order valence-corrected chi connectivity index (χ0v) is 19.6. The average molecular weight is 483 g/mol. The van der Waals surface area contributed by atoms with Gasteiger partial charge in [0.15, 0.2) is 11.6 Å². The summed E-state index contributed by atoms with van der Waals surface area (Å²) in [6.07, 6.45) is 7.34. The van der Waals surface area contributed by atoms with E-state index in [1.807, 2.05) is 6.92 Å². The van der Waals surface area contributed by atoms with Crippen molar-refractivity contribution in [1.29, 1.82) is 5.26 Å². The van der Waals surface area contributed by atoms with E-state index in [0.717, 1.165) is 25.7 Å². The number of aromatic nitrogens is 4. The van der Waals surface area contributed by atoms with E-state index in [-0.39, 0.29) is 11.9 Å². The van der Waals surface area contributed by atoms with Crippen molar-refractivity contribution in [2.75, 3.05) is 15.1 Å². The molecule has 0 radical (unpaired) electrons. The van der Waals surface area contributed by atoms with Crippen LogP contribution in [0.15, 0.2) is 48.8 Å². The van der Waals surface area contributed by atoms with E-state index < -0.39 is 11.9 Å². The second-order valence-corrected chi connectivity index (χ2v) is 9.18. The third-order valence-electron chi connectivity index (χ3n) is 6.94. The summed E-state index contributed by atoms with van der Waals surface area (Å²) in [4.78, 5) is 26.6. The van der Waals surface area contributed by atoms with Crippen molar-refractivity contribution in [3.05, 3.63) is 60.2 Å². The van der Waals surface area contributed by atoms with E-state index in [9.17, 15) is 14.4 Å². The lowest BCUT2D eigenvalue weighted by Crippen LogP contribution is -2.54. The highest BCUT2D eigenvalue weighted by molar-refractivity contribution is 6.10. The minimum atomic E-state index is -0.450. The van der Waals surface area contributed by atoms with E-state index >= 15 is 0 Å². The molecule has 2 aromatic heterocycles. The molecule has 4 aromatic rings. The minimum absolute atomic E-state index is 0.0960. The van der Waals surface area contributed by atoms with Gasteiger partial charge in [0, 0.05) is 17.1 Å². The lowest BCUT2D eigenvalue weighted by molar-refractivity contribution is -0.119. The third kappa shape index (κ3) is 3.60. The fraction of sp³-hybridized carbons (Fsp3) is 0.269. The van der Waals surface area contributed by atoms with Gasteiger partial charge in [-0.05, 0) is 50.1 Å². The molecule has 1 aliphatic carbocycles. The van der Waals surface area contributed by atoms with E-state index in [4.69, 9.17) is 4.98 Å². The Balaban J connectivity index is 1.45. The Hall–Kier alpha value is -4.52. The molecule has 3 heterocycles. The third-order valence-corrected chi connectivity index (χ3v) is 6.94. The van der Waals surface area contributed by atoms with Crippen LogP contribution in [0.1, 0.15) is 38.2 Å². The number of amides is 1. The van der Waals surface area contributed by atoms with Crippen LogP contribution in [0, 0.1) is 17.1 Å². The Bertz CT molecular complexity index is 1520. The molecule has 180 valence electrons. The van der Waals surface area contributed by atoms with Crippen LogP contribution in [0.3, 0.4) is 0 Å². The van der Waals surface area contributed by atoms with Crippen molar-refractivity contribution >= 4 is 45.6 Å². The number of halogens is 1. The smallest absolute Gasteiger partial charge is 0.254 e. The van der Waals surface area contributed by atoms with Crippen LogP contribution in [0.2, 0.25) is 0 Å². The molecule has 2 aliphatic rings. The molecular weight excluding hydrogens is 459 g/mol. The monoisotopic (exact) mass is 482 g/mol. The van der Waals surface area contributed by atoms with Crippen molar-refractivity contribution in [3.63, 3.8) is 0 Å². The number of rotatable bonds is 4. The molecule has 0 spiro atoms. The summed E-state index contributed by atoms with van der Waals surface area (Å²) in [6.45, 7) is 1.89. The quantitative estimate of drug-likeness (QED) is 0.424. The zero-order chi connectivity index (χ0) is 24.8. The molecular formula is C26H23FN8O. The first kappa shape index (κ1) is 22.0. The van der Waals surface area contributed by atoms with Crippen LogP contribution in [0.4, 0.5) is 33.2 Å². The maximum Gasteiger partial charge on any atom is 0.254 e. The van der Waals surface area contributed by atoms with Crippen molar-refractivity contribution in [1.82, 2.24) is 20.2 Å². The molecule has 0 unspecified atom stereocenters.